The number of carbonyl (C=O) groups excluding carboxylic acids is 1. The lowest BCUT2D eigenvalue weighted by Crippen LogP contribution is -2.29. The maximum Gasteiger partial charge on any atom is 0.380 e. The fourth-order valence-corrected chi connectivity index (χ4v) is 4.27. The molecule has 132 valence electrons. The highest BCUT2D eigenvalue weighted by molar-refractivity contribution is 7.16. The second-order valence-corrected chi connectivity index (χ2v) is 7.59. The highest BCUT2D eigenvalue weighted by Crippen LogP contribution is 2.30. The molecular weight excluding hydrogens is 380 g/mol. The zero-order valence-corrected chi connectivity index (χ0v) is 15.5. The van der Waals surface area contributed by atoms with E-state index < -0.39 is 5.97 Å². The van der Waals surface area contributed by atoms with Gasteiger partial charge in [-0.05, 0) is 35.0 Å². The van der Waals surface area contributed by atoms with E-state index in [-0.39, 0.29) is 5.70 Å². The van der Waals surface area contributed by atoms with E-state index in [9.17, 15) is 4.79 Å². The number of para-hydroxylation sites is 1. The summed E-state index contributed by atoms with van der Waals surface area (Å²) in [6.45, 7) is 0. The molecule has 1 saturated heterocycles. The second kappa shape index (κ2) is 6.58. The van der Waals surface area contributed by atoms with Gasteiger partial charge in [-0.15, -0.1) is 22.7 Å². The van der Waals surface area contributed by atoms with Gasteiger partial charge in [0.2, 0.25) is 0 Å². The van der Waals surface area contributed by atoms with Crippen LogP contribution in [0.5, 0.6) is 0 Å². The van der Waals surface area contributed by atoms with Crippen molar-refractivity contribution in [3.8, 4) is 0 Å². The van der Waals surface area contributed by atoms with Crippen LogP contribution < -0.4 is 10.6 Å². The smallest absolute Gasteiger partial charge is 0.345 e. The number of nitrogens with one attached hydrogen (secondary N) is 1. The quantitative estimate of drug-likeness (QED) is 0.690. The third-order valence-corrected chi connectivity index (χ3v) is 5.79. The molecule has 0 bridgehead atoms. The Labute approximate surface area is 162 Å². The summed E-state index contributed by atoms with van der Waals surface area (Å²) in [6.07, 6.45) is 0. The van der Waals surface area contributed by atoms with Crippen molar-refractivity contribution in [3.63, 3.8) is 0 Å². The van der Waals surface area contributed by atoms with Gasteiger partial charge in [0.15, 0.2) is 11.5 Å². The number of nitrogens with zero attached hydrogens (tertiary/aromatic N) is 3. The minimum absolute atomic E-state index is 0.266. The van der Waals surface area contributed by atoms with Crippen LogP contribution in [0.2, 0.25) is 0 Å². The SMILES string of the molecule is O=C1ONN(c2ccccc2)C1=C1N=C(c2cccs2)C(c2cccs2)=N1. The van der Waals surface area contributed by atoms with Gasteiger partial charge in [-0.25, -0.2) is 19.8 Å². The summed E-state index contributed by atoms with van der Waals surface area (Å²) in [5, 5.41) is 5.56. The van der Waals surface area contributed by atoms with Crippen LogP contribution in [0.25, 0.3) is 0 Å². The summed E-state index contributed by atoms with van der Waals surface area (Å²) >= 11 is 3.18. The topological polar surface area (TPSA) is 66.3 Å². The van der Waals surface area contributed by atoms with Crippen LogP contribution >= 0.6 is 22.7 Å². The Morgan fingerprint density at radius 3 is 2.04 bits per heavy atom. The molecule has 5 rings (SSSR count). The van der Waals surface area contributed by atoms with Gasteiger partial charge in [0.05, 0.1) is 15.4 Å². The van der Waals surface area contributed by atoms with Gasteiger partial charge in [-0.3, -0.25) is 0 Å². The molecule has 0 radical (unpaired) electrons. The molecule has 1 fully saturated rings. The van der Waals surface area contributed by atoms with Crippen molar-refractivity contribution in [2.24, 2.45) is 9.98 Å². The van der Waals surface area contributed by atoms with Gasteiger partial charge in [-0.1, -0.05) is 35.9 Å². The van der Waals surface area contributed by atoms with Crippen molar-refractivity contribution in [3.05, 3.63) is 86.6 Å². The van der Waals surface area contributed by atoms with E-state index in [0.717, 1.165) is 26.9 Å². The molecule has 0 spiro atoms. The largest absolute Gasteiger partial charge is 0.380 e. The van der Waals surface area contributed by atoms with Gasteiger partial charge >= 0.3 is 5.97 Å². The lowest BCUT2D eigenvalue weighted by Gasteiger charge is -2.15. The molecule has 0 aliphatic carbocycles. The number of hydrogen-bond donors (Lipinski definition) is 1. The average Bonchev–Trinajstić information content (AvgIpc) is 3.47. The third kappa shape index (κ3) is 2.80. The molecule has 2 aromatic heterocycles. The first-order valence-electron chi connectivity index (χ1n) is 8.13. The first-order valence-corrected chi connectivity index (χ1v) is 9.89. The van der Waals surface area contributed by atoms with Crippen LogP contribution in [0.4, 0.5) is 5.69 Å². The van der Waals surface area contributed by atoms with Crippen molar-refractivity contribution in [2.45, 2.75) is 0 Å². The molecular formula is C19H12N4O2S2. The zero-order chi connectivity index (χ0) is 18.2. The number of thiophene rings is 2. The summed E-state index contributed by atoms with van der Waals surface area (Å²) in [5.74, 6) is -0.181. The van der Waals surface area contributed by atoms with Crippen molar-refractivity contribution < 1.29 is 9.63 Å². The van der Waals surface area contributed by atoms with Gasteiger partial charge in [0.25, 0.3) is 0 Å². The van der Waals surface area contributed by atoms with Crippen LogP contribution in [-0.4, -0.2) is 17.4 Å². The lowest BCUT2D eigenvalue weighted by atomic mass is 10.2. The van der Waals surface area contributed by atoms with Crippen LogP contribution in [0.3, 0.4) is 0 Å². The zero-order valence-electron chi connectivity index (χ0n) is 13.8. The number of anilines is 1. The minimum atomic E-state index is -0.515. The molecule has 27 heavy (non-hydrogen) atoms. The molecule has 6 nitrogen and oxygen atoms in total. The molecule has 0 amide bonds. The summed E-state index contributed by atoms with van der Waals surface area (Å²) in [5.41, 5.74) is 5.20. The number of rotatable bonds is 3. The van der Waals surface area contributed by atoms with E-state index in [4.69, 9.17) is 14.8 Å². The highest BCUT2D eigenvalue weighted by atomic mass is 32.1. The maximum absolute atomic E-state index is 12.4. The standard InChI is InChI=1S/C19H12N4O2S2/c24-19-17(23(22-25-19)12-6-2-1-3-7-12)18-20-15(13-8-4-10-26-13)16(21-18)14-9-5-11-27-14/h1-11,22H. The van der Waals surface area contributed by atoms with E-state index in [1.807, 2.05) is 65.4 Å². The van der Waals surface area contributed by atoms with Crippen LogP contribution in [0, 0.1) is 0 Å². The monoisotopic (exact) mass is 392 g/mol. The first kappa shape index (κ1) is 16.1. The van der Waals surface area contributed by atoms with Crippen molar-refractivity contribution in [1.29, 1.82) is 0 Å². The van der Waals surface area contributed by atoms with E-state index >= 15 is 0 Å². The number of carbonyl (C=O) groups is 1. The van der Waals surface area contributed by atoms with Crippen LogP contribution in [0.15, 0.2) is 86.9 Å². The fraction of sp³-hybridized carbons (Fsp3) is 0. The van der Waals surface area contributed by atoms with E-state index in [1.54, 1.807) is 27.7 Å². The summed E-state index contributed by atoms with van der Waals surface area (Å²) in [7, 11) is 0. The fourth-order valence-electron chi connectivity index (χ4n) is 2.84. The molecule has 1 N–H and O–H groups in total. The lowest BCUT2D eigenvalue weighted by molar-refractivity contribution is -0.140. The predicted octanol–water partition coefficient (Wildman–Crippen LogP) is 3.75. The Morgan fingerprint density at radius 2 is 1.48 bits per heavy atom. The Bertz CT molecular complexity index is 1030. The number of hydrogen-bond acceptors (Lipinski definition) is 8. The van der Waals surface area contributed by atoms with Gasteiger partial charge < -0.3 is 4.84 Å². The average molecular weight is 392 g/mol. The minimum Gasteiger partial charge on any atom is -0.345 e. The molecule has 0 saturated carbocycles. The van der Waals surface area contributed by atoms with E-state index in [0.29, 0.717) is 5.82 Å². The number of benzene rings is 1. The highest BCUT2D eigenvalue weighted by Gasteiger charge is 2.35. The first-order chi connectivity index (χ1) is 13.3. The molecule has 3 aromatic rings. The van der Waals surface area contributed by atoms with Crippen molar-refractivity contribution in [1.82, 2.24) is 5.59 Å². The Morgan fingerprint density at radius 1 is 0.852 bits per heavy atom. The Balaban J connectivity index is 1.68. The van der Waals surface area contributed by atoms with Crippen LogP contribution in [0.1, 0.15) is 9.75 Å². The number of hydrazine groups is 1. The third-order valence-electron chi connectivity index (χ3n) is 4.04. The maximum atomic E-state index is 12.4. The van der Waals surface area contributed by atoms with Crippen LogP contribution in [-0.2, 0) is 9.63 Å². The van der Waals surface area contributed by atoms with E-state index in [2.05, 4.69) is 5.59 Å². The van der Waals surface area contributed by atoms with E-state index in [1.165, 1.54) is 0 Å². The number of aliphatic imine (C=N–C) groups is 2. The molecule has 2 aliphatic rings. The summed E-state index contributed by atoms with van der Waals surface area (Å²) in [4.78, 5) is 28.9. The molecule has 2 aliphatic heterocycles. The predicted molar refractivity (Wildman–Crippen MR) is 107 cm³/mol. The van der Waals surface area contributed by atoms with Crippen molar-refractivity contribution in [2.75, 3.05) is 5.01 Å². The van der Waals surface area contributed by atoms with Gasteiger partial charge in [-0.2, -0.15) is 0 Å². The molecule has 1 aromatic carbocycles. The Hall–Kier alpha value is -3.07. The molecule has 4 heterocycles. The summed E-state index contributed by atoms with van der Waals surface area (Å²) in [6, 6.07) is 17.4. The Kier molecular flexibility index (Phi) is 3.93. The van der Waals surface area contributed by atoms with Crippen molar-refractivity contribution >= 4 is 45.8 Å². The molecule has 8 heteroatoms. The van der Waals surface area contributed by atoms with Gasteiger partial charge in [0.1, 0.15) is 11.4 Å². The molecule has 0 unspecified atom stereocenters. The normalized spacial score (nSPS) is 16.6. The second-order valence-electron chi connectivity index (χ2n) is 5.70. The summed E-state index contributed by atoms with van der Waals surface area (Å²) < 4.78 is 0. The van der Waals surface area contributed by atoms with Gasteiger partial charge in [0, 0.05) is 0 Å². The molecule has 0 atom stereocenters.